The normalized spacial score (nSPS) is 11.5. The van der Waals surface area contributed by atoms with E-state index in [1.165, 1.54) is 12.1 Å². The fraction of sp³-hybridized carbons (Fsp3) is 0.182. The van der Waals surface area contributed by atoms with E-state index in [2.05, 4.69) is 5.92 Å². The Morgan fingerprint density at radius 2 is 2.33 bits per heavy atom. The Kier molecular flexibility index (Phi) is 3.29. The van der Waals surface area contributed by atoms with Crippen LogP contribution >= 0.6 is 0 Å². The van der Waals surface area contributed by atoms with E-state index in [1.807, 2.05) is 0 Å². The quantitative estimate of drug-likeness (QED) is 0.772. The van der Waals surface area contributed by atoms with Gasteiger partial charge in [0.2, 0.25) is 0 Å². The summed E-state index contributed by atoms with van der Waals surface area (Å²) >= 11 is 0. The Labute approximate surface area is 86.5 Å². The molecule has 1 aromatic rings. The zero-order valence-corrected chi connectivity index (χ0v) is 8.03. The summed E-state index contributed by atoms with van der Waals surface area (Å²) in [6.45, 7) is 1.59. The molecule has 0 fully saturated rings. The van der Waals surface area contributed by atoms with Gasteiger partial charge in [-0.05, 0) is 25.1 Å². The lowest BCUT2D eigenvalue weighted by Crippen LogP contribution is -2.09. The summed E-state index contributed by atoms with van der Waals surface area (Å²) in [6, 6.07) is 3.39. The predicted octanol–water partition coefficient (Wildman–Crippen LogP) is 1.92. The first-order valence-corrected chi connectivity index (χ1v) is 4.20. The van der Waals surface area contributed by atoms with E-state index < -0.39 is 17.9 Å². The average molecular weight is 208 g/mol. The molecule has 0 aliphatic carbocycles. The zero-order chi connectivity index (χ0) is 11.4. The van der Waals surface area contributed by atoms with Crippen LogP contribution in [0.5, 0.6) is 5.75 Å². The van der Waals surface area contributed by atoms with E-state index in [4.69, 9.17) is 16.3 Å². The number of ether oxygens (including phenoxy) is 1. The van der Waals surface area contributed by atoms with E-state index in [1.54, 1.807) is 6.92 Å². The molecule has 0 bridgehead atoms. The summed E-state index contributed by atoms with van der Waals surface area (Å²) in [5.74, 6) is 0.294. The van der Waals surface area contributed by atoms with Gasteiger partial charge in [-0.1, -0.05) is 5.92 Å². The summed E-state index contributed by atoms with van der Waals surface area (Å²) < 4.78 is 18.3. The number of aromatic carboxylic acids is 1. The second-order valence-corrected chi connectivity index (χ2v) is 2.88. The van der Waals surface area contributed by atoms with Crippen LogP contribution in [0.25, 0.3) is 0 Å². The van der Waals surface area contributed by atoms with E-state index in [0.29, 0.717) is 0 Å². The minimum atomic E-state index is -1.19. The number of carbonyl (C=O) groups is 1. The Hall–Kier alpha value is -2.02. The van der Waals surface area contributed by atoms with Crippen molar-refractivity contribution in [3.63, 3.8) is 0 Å². The Balaban J connectivity index is 2.94. The topological polar surface area (TPSA) is 46.5 Å². The lowest BCUT2D eigenvalue weighted by atomic mass is 10.2. The SMILES string of the molecule is C#CC(C)Oc1ccc(C(=O)O)cc1F. The molecular formula is C11H9FO3. The first-order chi connectivity index (χ1) is 7.04. The second-order valence-electron chi connectivity index (χ2n) is 2.88. The lowest BCUT2D eigenvalue weighted by Gasteiger charge is -2.09. The number of hydrogen-bond acceptors (Lipinski definition) is 2. The number of halogens is 1. The number of carboxylic acids is 1. The highest BCUT2D eigenvalue weighted by atomic mass is 19.1. The third-order valence-electron chi connectivity index (χ3n) is 1.72. The molecule has 0 aliphatic rings. The number of terminal acetylenes is 1. The van der Waals surface area contributed by atoms with Crippen LogP contribution in [0.1, 0.15) is 17.3 Å². The van der Waals surface area contributed by atoms with Gasteiger partial charge in [-0.2, -0.15) is 0 Å². The van der Waals surface area contributed by atoms with Crippen LogP contribution in [0.2, 0.25) is 0 Å². The summed E-state index contributed by atoms with van der Waals surface area (Å²) in [7, 11) is 0. The van der Waals surface area contributed by atoms with Crippen LogP contribution in [-0.4, -0.2) is 17.2 Å². The van der Waals surface area contributed by atoms with Crippen molar-refractivity contribution >= 4 is 5.97 Å². The van der Waals surface area contributed by atoms with Crippen molar-refractivity contribution in [2.24, 2.45) is 0 Å². The summed E-state index contributed by atoms with van der Waals surface area (Å²) in [4.78, 5) is 10.5. The maximum absolute atomic E-state index is 13.3. The number of benzene rings is 1. The fourth-order valence-corrected chi connectivity index (χ4v) is 0.954. The van der Waals surface area contributed by atoms with Crippen LogP contribution in [0.4, 0.5) is 4.39 Å². The minimum absolute atomic E-state index is 0.0505. The van der Waals surface area contributed by atoms with Gasteiger partial charge in [0.25, 0.3) is 0 Å². The smallest absolute Gasteiger partial charge is 0.335 e. The van der Waals surface area contributed by atoms with Crippen molar-refractivity contribution in [2.75, 3.05) is 0 Å². The van der Waals surface area contributed by atoms with Crippen molar-refractivity contribution in [1.29, 1.82) is 0 Å². The summed E-state index contributed by atoms with van der Waals surface area (Å²) in [6.07, 6.45) is 4.50. The molecule has 0 saturated carbocycles. The van der Waals surface area contributed by atoms with Crippen LogP contribution in [0.15, 0.2) is 18.2 Å². The standard InChI is InChI=1S/C11H9FO3/c1-3-7(2)15-10-5-4-8(11(13)14)6-9(10)12/h1,4-7H,2H3,(H,13,14). The molecule has 1 aromatic carbocycles. The molecule has 0 aliphatic heterocycles. The Morgan fingerprint density at radius 3 is 2.80 bits per heavy atom. The van der Waals surface area contributed by atoms with Crippen molar-refractivity contribution in [3.05, 3.63) is 29.6 Å². The molecular weight excluding hydrogens is 199 g/mol. The van der Waals surface area contributed by atoms with E-state index in [0.717, 1.165) is 6.07 Å². The van der Waals surface area contributed by atoms with Crippen molar-refractivity contribution in [2.45, 2.75) is 13.0 Å². The van der Waals surface area contributed by atoms with Gasteiger partial charge < -0.3 is 9.84 Å². The molecule has 0 saturated heterocycles. The number of rotatable bonds is 3. The van der Waals surface area contributed by atoms with Crippen LogP contribution < -0.4 is 4.74 Å². The molecule has 3 nitrogen and oxygen atoms in total. The van der Waals surface area contributed by atoms with Crippen molar-refractivity contribution in [3.8, 4) is 18.1 Å². The summed E-state index contributed by atoms with van der Waals surface area (Å²) in [5, 5.41) is 8.59. The second kappa shape index (κ2) is 4.47. The monoisotopic (exact) mass is 208 g/mol. The van der Waals surface area contributed by atoms with Crippen LogP contribution in [-0.2, 0) is 0 Å². The molecule has 1 unspecified atom stereocenters. The summed E-state index contributed by atoms with van der Waals surface area (Å²) in [5.41, 5.74) is -0.131. The zero-order valence-electron chi connectivity index (χ0n) is 8.03. The molecule has 1 N–H and O–H groups in total. The minimum Gasteiger partial charge on any atom is -0.478 e. The molecule has 0 aromatic heterocycles. The van der Waals surface area contributed by atoms with E-state index in [-0.39, 0.29) is 11.3 Å². The van der Waals surface area contributed by atoms with Gasteiger partial charge in [0.1, 0.15) is 0 Å². The van der Waals surface area contributed by atoms with Gasteiger partial charge in [0.05, 0.1) is 5.56 Å². The van der Waals surface area contributed by atoms with Crippen molar-refractivity contribution in [1.82, 2.24) is 0 Å². The van der Waals surface area contributed by atoms with Crippen molar-refractivity contribution < 1.29 is 19.0 Å². The highest BCUT2D eigenvalue weighted by molar-refractivity contribution is 5.87. The molecule has 0 radical (unpaired) electrons. The van der Waals surface area contributed by atoms with Crippen LogP contribution in [0, 0.1) is 18.2 Å². The van der Waals surface area contributed by atoms with Gasteiger partial charge in [0.15, 0.2) is 17.7 Å². The van der Waals surface area contributed by atoms with Gasteiger partial charge in [-0.3, -0.25) is 0 Å². The highest BCUT2D eigenvalue weighted by Gasteiger charge is 2.10. The largest absolute Gasteiger partial charge is 0.478 e. The third-order valence-corrected chi connectivity index (χ3v) is 1.72. The molecule has 1 rings (SSSR count). The molecule has 15 heavy (non-hydrogen) atoms. The van der Waals surface area contributed by atoms with Gasteiger partial charge in [-0.15, -0.1) is 6.42 Å². The molecule has 4 heteroatoms. The average Bonchev–Trinajstić information content (AvgIpc) is 2.20. The number of carboxylic acid groups (broad SMARTS) is 1. The highest BCUT2D eigenvalue weighted by Crippen LogP contribution is 2.19. The molecule has 78 valence electrons. The molecule has 0 amide bonds. The number of hydrogen-bond donors (Lipinski definition) is 1. The maximum atomic E-state index is 13.3. The van der Waals surface area contributed by atoms with E-state index >= 15 is 0 Å². The first kappa shape index (κ1) is 11.1. The molecule has 1 atom stereocenters. The first-order valence-electron chi connectivity index (χ1n) is 4.20. The fourth-order valence-electron chi connectivity index (χ4n) is 0.954. The third kappa shape index (κ3) is 2.71. The van der Waals surface area contributed by atoms with Gasteiger partial charge in [0, 0.05) is 0 Å². The van der Waals surface area contributed by atoms with Crippen LogP contribution in [0.3, 0.4) is 0 Å². The van der Waals surface area contributed by atoms with Gasteiger partial charge >= 0.3 is 5.97 Å². The lowest BCUT2D eigenvalue weighted by molar-refractivity contribution is 0.0696. The molecule has 0 spiro atoms. The molecule has 0 heterocycles. The maximum Gasteiger partial charge on any atom is 0.335 e. The Bertz CT molecular complexity index is 420. The van der Waals surface area contributed by atoms with E-state index in [9.17, 15) is 9.18 Å². The predicted molar refractivity (Wildman–Crippen MR) is 52.3 cm³/mol. The van der Waals surface area contributed by atoms with Gasteiger partial charge in [-0.25, -0.2) is 9.18 Å². The Morgan fingerprint density at radius 1 is 1.67 bits per heavy atom.